The fourth-order valence-corrected chi connectivity index (χ4v) is 10.8. The topological polar surface area (TPSA) is 138 Å². The van der Waals surface area contributed by atoms with Gasteiger partial charge in [-0.25, -0.2) is 12.7 Å². The van der Waals surface area contributed by atoms with Gasteiger partial charge in [0.25, 0.3) is 5.91 Å². The van der Waals surface area contributed by atoms with Crippen LogP contribution in [-0.4, -0.2) is 85.3 Å². The second kappa shape index (κ2) is 15.6. The summed E-state index contributed by atoms with van der Waals surface area (Å²) in [5.74, 6) is -2.61. The van der Waals surface area contributed by atoms with Gasteiger partial charge in [0.1, 0.15) is 5.78 Å². The smallest absolute Gasteiger partial charge is 0.287 e. The number of ketones is 3. The average Bonchev–Trinajstić information content (AvgIpc) is 3.88. The summed E-state index contributed by atoms with van der Waals surface area (Å²) in [5.41, 5.74) is -0.720. The summed E-state index contributed by atoms with van der Waals surface area (Å²) in [5, 5.41) is 2.81. The number of nitrogens with one attached hydrogen (secondary N) is 1. The molecule has 0 aromatic heterocycles. The number of Topliss-reactive ketones (excluding diaryl/α,β-unsaturated/α-hetero) is 3. The monoisotopic (exact) mass is 703 g/mol. The van der Waals surface area contributed by atoms with Gasteiger partial charge in [-0.1, -0.05) is 78.1 Å². The first-order chi connectivity index (χ1) is 23.1. The SMILES string of the molecule is CN(C)S(=O)(=O)CC1(CC(=O)C[C@H]2CCCCCCCCC[C@@H](C(=O)C(=O)NC3CC3)CC(=O)[C@@H]3[C@@H]4[C@H](CN3C2=O)C4(C)C)CCCCC1. The summed E-state index contributed by atoms with van der Waals surface area (Å²) < 4.78 is 27.3. The van der Waals surface area contributed by atoms with Crippen LogP contribution in [0.4, 0.5) is 0 Å². The predicted molar refractivity (Wildman–Crippen MR) is 188 cm³/mol. The molecule has 1 N–H and O–H groups in total. The van der Waals surface area contributed by atoms with E-state index in [0.717, 1.165) is 77.0 Å². The third-order valence-electron chi connectivity index (χ3n) is 12.7. The molecule has 5 rings (SSSR count). The number of piperidine rings is 1. The third kappa shape index (κ3) is 9.21. The highest BCUT2D eigenvalue weighted by Gasteiger charge is 2.69. The van der Waals surface area contributed by atoms with Gasteiger partial charge in [-0.2, -0.15) is 0 Å². The van der Waals surface area contributed by atoms with Crippen LogP contribution >= 0.6 is 0 Å². The number of rotatable bonds is 10. The van der Waals surface area contributed by atoms with Gasteiger partial charge >= 0.3 is 0 Å². The summed E-state index contributed by atoms with van der Waals surface area (Å²) in [6, 6.07) is -0.603. The van der Waals surface area contributed by atoms with Crippen LogP contribution in [0.5, 0.6) is 0 Å². The van der Waals surface area contributed by atoms with Crippen molar-refractivity contribution in [3.63, 3.8) is 0 Å². The minimum absolute atomic E-state index is 0.00280. The largest absolute Gasteiger partial charge is 0.347 e. The molecule has 0 spiro atoms. The Morgan fingerprint density at radius 3 is 2.06 bits per heavy atom. The minimum atomic E-state index is -3.51. The van der Waals surface area contributed by atoms with Gasteiger partial charge in [-0.05, 0) is 61.2 Å². The molecule has 276 valence electrons. The lowest BCUT2D eigenvalue weighted by molar-refractivity contribution is -0.146. The van der Waals surface area contributed by atoms with Crippen LogP contribution < -0.4 is 5.32 Å². The van der Waals surface area contributed by atoms with Gasteiger partial charge in [0.2, 0.25) is 21.7 Å². The number of carbonyl (C=O) groups is 5. The molecule has 5 aliphatic rings. The van der Waals surface area contributed by atoms with Crippen LogP contribution in [0.1, 0.15) is 136 Å². The maximum absolute atomic E-state index is 14.5. The maximum atomic E-state index is 14.5. The molecule has 0 aromatic rings. The molecule has 5 atom stereocenters. The number of amides is 2. The summed E-state index contributed by atoms with van der Waals surface area (Å²) in [6.07, 6.45) is 13.7. The number of hydrogen-bond donors (Lipinski definition) is 1. The van der Waals surface area contributed by atoms with Crippen molar-refractivity contribution < 1.29 is 32.4 Å². The van der Waals surface area contributed by atoms with Crippen LogP contribution in [-0.2, 0) is 34.0 Å². The van der Waals surface area contributed by atoms with E-state index in [1.807, 2.05) is 0 Å². The summed E-state index contributed by atoms with van der Waals surface area (Å²) in [7, 11) is -0.448. The van der Waals surface area contributed by atoms with E-state index in [-0.39, 0.29) is 65.8 Å². The molecule has 10 nitrogen and oxygen atoms in total. The van der Waals surface area contributed by atoms with Gasteiger partial charge in [0.15, 0.2) is 5.78 Å². The Balaban J connectivity index is 1.36. The van der Waals surface area contributed by atoms with E-state index < -0.39 is 45.0 Å². The van der Waals surface area contributed by atoms with E-state index in [4.69, 9.17) is 0 Å². The quantitative estimate of drug-likeness (QED) is 0.308. The van der Waals surface area contributed by atoms with Crippen LogP contribution in [0.25, 0.3) is 0 Å². The Morgan fingerprint density at radius 2 is 1.45 bits per heavy atom. The molecule has 0 aromatic carbocycles. The molecule has 2 saturated heterocycles. The van der Waals surface area contributed by atoms with Gasteiger partial charge < -0.3 is 10.2 Å². The van der Waals surface area contributed by atoms with Crippen molar-refractivity contribution in [2.45, 2.75) is 148 Å². The first kappa shape index (κ1) is 38.1. The molecule has 2 heterocycles. The number of nitrogens with zero attached hydrogens (tertiary/aromatic N) is 2. The fraction of sp³-hybridized carbons (Fsp3) is 0.868. The van der Waals surface area contributed by atoms with Crippen molar-refractivity contribution in [1.29, 1.82) is 0 Å². The molecule has 2 aliphatic heterocycles. The van der Waals surface area contributed by atoms with E-state index >= 15 is 0 Å². The lowest BCUT2D eigenvalue weighted by Crippen LogP contribution is -2.49. The van der Waals surface area contributed by atoms with Crippen LogP contribution in [0.15, 0.2) is 0 Å². The molecule has 3 saturated carbocycles. The maximum Gasteiger partial charge on any atom is 0.287 e. The number of hydrogen-bond acceptors (Lipinski definition) is 7. The predicted octanol–water partition coefficient (Wildman–Crippen LogP) is 5.22. The Labute approximate surface area is 294 Å². The zero-order valence-electron chi connectivity index (χ0n) is 30.5. The van der Waals surface area contributed by atoms with Crippen LogP contribution in [0, 0.1) is 34.5 Å². The lowest BCUT2D eigenvalue weighted by Gasteiger charge is -2.38. The fourth-order valence-electron chi connectivity index (χ4n) is 9.41. The van der Waals surface area contributed by atoms with E-state index in [2.05, 4.69) is 19.2 Å². The number of carbonyl (C=O) groups excluding carboxylic acids is 5. The van der Waals surface area contributed by atoms with Crippen molar-refractivity contribution in [2.24, 2.45) is 34.5 Å². The number of fused-ring (bicyclic) bond motifs is 3. The van der Waals surface area contributed by atoms with Gasteiger partial charge in [-0.3, -0.25) is 24.0 Å². The molecule has 11 heteroatoms. The highest BCUT2D eigenvalue weighted by Crippen LogP contribution is 2.65. The molecule has 2 amide bonds. The molecule has 0 radical (unpaired) electrons. The van der Waals surface area contributed by atoms with Crippen LogP contribution in [0.2, 0.25) is 0 Å². The summed E-state index contributed by atoms with van der Waals surface area (Å²) in [4.78, 5) is 70.6. The zero-order chi connectivity index (χ0) is 35.6. The van der Waals surface area contributed by atoms with Crippen molar-refractivity contribution in [3.05, 3.63) is 0 Å². The molecular weight excluding hydrogens is 642 g/mol. The van der Waals surface area contributed by atoms with Crippen molar-refractivity contribution in [2.75, 3.05) is 26.4 Å². The second-order valence-corrected chi connectivity index (χ2v) is 19.3. The molecule has 49 heavy (non-hydrogen) atoms. The molecule has 3 aliphatic carbocycles. The minimum Gasteiger partial charge on any atom is -0.347 e. The van der Waals surface area contributed by atoms with Crippen molar-refractivity contribution in [3.8, 4) is 0 Å². The first-order valence-corrected chi connectivity index (χ1v) is 20.9. The molecular formula is C38H61N3O7S. The first-order valence-electron chi connectivity index (χ1n) is 19.2. The third-order valence-corrected chi connectivity index (χ3v) is 14.8. The summed E-state index contributed by atoms with van der Waals surface area (Å²) in [6.45, 7) is 4.73. The molecule has 5 fully saturated rings. The van der Waals surface area contributed by atoms with E-state index in [1.54, 1.807) is 4.90 Å². The van der Waals surface area contributed by atoms with Gasteiger partial charge in [0, 0.05) is 57.8 Å². The highest BCUT2D eigenvalue weighted by molar-refractivity contribution is 7.89. The van der Waals surface area contributed by atoms with Crippen molar-refractivity contribution >= 4 is 39.2 Å². The Bertz CT molecular complexity index is 1360. The highest BCUT2D eigenvalue weighted by atomic mass is 32.2. The van der Waals surface area contributed by atoms with E-state index in [9.17, 15) is 32.4 Å². The number of sulfonamides is 1. The van der Waals surface area contributed by atoms with Gasteiger partial charge in [0.05, 0.1) is 11.8 Å². The Hall–Kier alpha value is -2.14. The summed E-state index contributed by atoms with van der Waals surface area (Å²) >= 11 is 0. The van der Waals surface area contributed by atoms with Crippen LogP contribution in [0.3, 0.4) is 0 Å². The average molecular weight is 704 g/mol. The zero-order valence-corrected chi connectivity index (χ0v) is 31.3. The lowest BCUT2D eigenvalue weighted by atomic mass is 9.71. The normalized spacial score (nSPS) is 31.1. The van der Waals surface area contributed by atoms with Crippen molar-refractivity contribution in [1.82, 2.24) is 14.5 Å². The van der Waals surface area contributed by atoms with E-state index in [1.165, 1.54) is 18.4 Å². The second-order valence-electron chi connectivity index (χ2n) is 17.1. The van der Waals surface area contributed by atoms with Gasteiger partial charge in [-0.15, -0.1) is 0 Å². The van der Waals surface area contributed by atoms with E-state index in [0.29, 0.717) is 32.2 Å². The standard InChI is InChI=1S/C38H61N3O7S/c1-37(2)30-24-41-33(32(30)37)31(43)22-26(34(44)35(45)39-28-17-18-28)15-11-8-6-5-7-9-12-16-27(36(41)46)21-29(42)23-38(19-13-10-14-20-38)25-49(47,48)40(3)4/h26-28,30,32-33H,5-25H2,1-4H3,(H,39,45)/t26-,27-,30+,32+,33-/m1/s1. The Morgan fingerprint density at radius 1 is 0.857 bits per heavy atom. The Kier molecular flexibility index (Phi) is 12.1. The molecule has 0 bridgehead atoms. The molecule has 0 unspecified atom stereocenters.